The van der Waals surface area contributed by atoms with Crippen LogP contribution in [0.3, 0.4) is 0 Å². The molecule has 2 unspecified atom stereocenters. The molecule has 6 nitrogen and oxygen atoms in total. The quantitative estimate of drug-likeness (QED) is 0.707. The summed E-state index contributed by atoms with van der Waals surface area (Å²) in [7, 11) is 1.58. The number of rotatable bonds is 8. The zero-order valence-electron chi connectivity index (χ0n) is 17.5. The van der Waals surface area contributed by atoms with Gasteiger partial charge >= 0.3 is 0 Å². The van der Waals surface area contributed by atoms with Gasteiger partial charge < -0.3 is 20.3 Å². The van der Waals surface area contributed by atoms with E-state index >= 15 is 0 Å². The molecule has 2 atom stereocenters. The maximum absolute atomic E-state index is 12.6. The number of ether oxygens (including phenoxy) is 1. The van der Waals surface area contributed by atoms with Crippen LogP contribution in [0.1, 0.15) is 25.8 Å². The molecule has 3 rings (SSSR count). The molecule has 1 fully saturated rings. The molecule has 6 heteroatoms. The largest absolute Gasteiger partial charge is 0.497 e. The zero-order valence-corrected chi connectivity index (χ0v) is 17.5. The molecular weight excluding hydrogens is 366 g/mol. The average Bonchev–Trinajstić information content (AvgIpc) is 3.52. The number of nitrogens with one attached hydrogen (secondary N) is 2. The van der Waals surface area contributed by atoms with E-state index in [1.54, 1.807) is 19.2 Å². The number of carbonyl (C=O) groups is 2. The summed E-state index contributed by atoms with van der Waals surface area (Å²) >= 11 is 0. The van der Waals surface area contributed by atoms with Gasteiger partial charge in [0.15, 0.2) is 0 Å². The number of aryl methyl sites for hydroxylation is 1. The second kappa shape index (κ2) is 8.99. The number of benzene rings is 2. The van der Waals surface area contributed by atoms with Gasteiger partial charge in [0.05, 0.1) is 18.9 Å². The van der Waals surface area contributed by atoms with E-state index in [1.165, 1.54) is 0 Å². The molecule has 0 aliphatic heterocycles. The second-order valence-electron chi connectivity index (χ2n) is 7.33. The van der Waals surface area contributed by atoms with Crippen LogP contribution in [-0.4, -0.2) is 32.0 Å². The standard InChI is InChI=1S/C23H29N3O3/c1-5-26(6-2)17-10-11-21(15(3)12-17)25-23(28)20-14-19(20)22(27)24-16-8-7-9-18(13-16)29-4/h7-13,19-20H,5-6,14H2,1-4H3,(H,24,27)(H,25,28). The van der Waals surface area contributed by atoms with E-state index in [-0.39, 0.29) is 23.7 Å². The summed E-state index contributed by atoms with van der Waals surface area (Å²) in [5.74, 6) is -0.142. The Kier molecular flexibility index (Phi) is 6.42. The van der Waals surface area contributed by atoms with Crippen LogP contribution in [0.5, 0.6) is 5.75 Å². The van der Waals surface area contributed by atoms with Gasteiger partial charge in [-0.25, -0.2) is 0 Å². The molecule has 0 aromatic heterocycles. The van der Waals surface area contributed by atoms with Crippen molar-refractivity contribution in [2.45, 2.75) is 27.2 Å². The maximum Gasteiger partial charge on any atom is 0.228 e. The van der Waals surface area contributed by atoms with Gasteiger partial charge in [0.25, 0.3) is 0 Å². The van der Waals surface area contributed by atoms with E-state index in [9.17, 15) is 9.59 Å². The molecule has 2 N–H and O–H groups in total. The van der Waals surface area contributed by atoms with Crippen molar-refractivity contribution >= 4 is 28.9 Å². The number of nitrogens with zero attached hydrogens (tertiary/aromatic N) is 1. The van der Waals surface area contributed by atoms with Crippen LogP contribution in [0.25, 0.3) is 0 Å². The Balaban J connectivity index is 1.58. The number of hydrogen-bond donors (Lipinski definition) is 2. The van der Waals surface area contributed by atoms with Gasteiger partial charge in [0, 0.05) is 36.2 Å². The van der Waals surface area contributed by atoms with Crippen molar-refractivity contribution in [3.8, 4) is 5.75 Å². The van der Waals surface area contributed by atoms with Crippen LogP contribution in [0, 0.1) is 18.8 Å². The fourth-order valence-electron chi connectivity index (χ4n) is 3.51. The number of amides is 2. The fraction of sp³-hybridized carbons (Fsp3) is 0.391. The molecule has 1 saturated carbocycles. The Bertz CT molecular complexity index is 893. The Morgan fingerprint density at radius 1 is 1.03 bits per heavy atom. The van der Waals surface area contributed by atoms with Gasteiger partial charge in [-0.1, -0.05) is 6.07 Å². The lowest BCUT2D eigenvalue weighted by Crippen LogP contribution is -2.22. The fourth-order valence-corrected chi connectivity index (χ4v) is 3.51. The highest BCUT2D eigenvalue weighted by Crippen LogP contribution is 2.40. The SMILES string of the molecule is CCN(CC)c1ccc(NC(=O)C2CC2C(=O)Nc2cccc(OC)c2)c(C)c1. The summed E-state index contributed by atoms with van der Waals surface area (Å²) in [5.41, 5.74) is 3.63. The first-order valence-corrected chi connectivity index (χ1v) is 10.1. The van der Waals surface area contributed by atoms with Crippen LogP contribution in [0.4, 0.5) is 17.1 Å². The average molecular weight is 396 g/mol. The minimum atomic E-state index is -0.295. The summed E-state index contributed by atoms with van der Waals surface area (Å²) in [6.45, 7) is 8.11. The third-order valence-electron chi connectivity index (χ3n) is 5.40. The van der Waals surface area contributed by atoms with Crippen LogP contribution in [-0.2, 0) is 9.59 Å². The van der Waals surface area contributed by atoms with E-state index < -0.39 is 0 Å². The molecule has 154 valence electrons. The van der Waals surface area contributed by atoms with Crippen molar-refractivity contribution in [2.75, 3.05) is 35.7 Å². The smallest absolute Gasteiger partial charge is 0.228 e. The first kappa shape index (κ1) is 20.7. The van der Waals surface area contributed by atoms with Gasteiger partial charge in [0.2, 0.25) is 11.8 Å². The van der Waals surface area contributed by atoms with Crippen molar-refractivity contribution in [3.63, 3.8) is 0 Å². The molecule has 2 aromatic carbocycles. The van der Waals surface area contributed by atoms with Gasteiger partial charge in [-0.2, -0.15) is 0 Å². The topological polar surface area (TPSA) is 70.7 Å². The molecule has 0 heterocycles. The van der Waals surface area contributed by atoms with Crippen LogP contribution < -0.4 is 20.3 Å². The van der Waals surface area contributed by atoms with Crippen molar-refractivity contribution < 1.29 is 14.3 Å². The zero-order chi connectivity index (χ0) is 21.0. The number of hydrogen-bond acceptors (Lipinski definition) is 4. The van der Waals surface area contributed by atoms with Crippen LogP contribution in [0.15, 0.2) is 42.5 Å². The number of methoxy groups -OCH3 is 1. The van der Waals surface area contributed by atoms with Gasteiger partial charge in [0.1, 0.15) is 5.75 Å². The third-order valence-corrected chi connectivity index (χ3v) is 5.40. The lowest BCUT2D eigenvalue weighted by atomic mass is 10.1. The highest BCUT2D eigenvalue weighted by molar-refractivity contribution is 6.03. The van der Waals surface area contributed by atoms with E-state index in [0.29, 0.717) is 17.9 Å². The van der Waals surface area contributed by atoms with Crippen LogP contribution in [0.2, 0.25) is 0 Å². The second-order valence-corrected chi connectivity index (χ2v) is 7.33. The summed E-state index contributed by atoms with van der Waals surface area (Å²) in [6.07, 6.45) is 0.568. The Morgan fingerprint density at radius 3 is 2.34 bits per heavy atom. The molecule has 2 amide bonds. The minimum Gasteiger partial charge on any atom is -0.497 e. The molecular formula is C23H29N3O3. The summed E-state index contributed by atoms with van der Waals surface area (Å²) in [5, 5.41) is 5.85. The summed E-state index contributed by atoms with van der Waals surface area (Å²) in [6, 6.07) is 13.2. The minimum absolute atomic E-state index is 0.102. The molecule has 0 radical (unpaired) electrons. The summed E-state index contributed by atoms with van der Waals surface area (Å²) < 4.78 is 5.17. The highest BCUT2D eigenvalue weighted by Gasteiger charge is 2.48. The number of anilines is 3. The van der Waals surface area contributed by atoms with E-state index in [4.69, 9.17) is 4.74 Å². The molecule has 1 aliphatic carbocycles. The van der Waals surface area contributed by atoms with Crippen molar-refractivity contribution in [3.05, 3.63) is 48.0 Å². The molecule has 0 bridgehead atoms. The summed E-state index contributed by atoms with van der Waals surface area (Å²) in [4.78, 5) is 27.3. The van der Waals surface area contributed by atoms with E-state index in [2.05, 4.69) is 35.4 Å². The predicted molar refractivity (Wildman–Crippen MR) is 117 cm³/mol. The lowest BCUT2D eigenvalue weighted by molar-refractivity contribution is -0.122. The van der Waals surface area contributed by atoms with Crippen molar-refractivity contribution in [1.29, 1.82) is 0 Å². The van der Waals surface area contributed by atoms with Gasteiger partial charge in [-0.15, -0.1) is 0 Å². The van der Waals surface area contributed by atoms with E-state index in [1.807, 2.05) is 31.2 Å². The normalized spacial score (nSPS) is 17.4. The predicted octanol–water partition coefficient (Wildman–Crippen LogP) is 4.06. The number of carbonyl (C=O) groups excluding carboxylic acids is 2. The Hall–Kier alpha value is -3.02. The molecule has 29 heavy (non-hydrogen) atoms. The lowest BCUT2D eigenvalue weighted by Gasteiger charge is -2.22. The van der Waals surface area contributed by atoms with Crippen molar-refractivity contribution in [2.24, 2.45) is 11.8 Å². The first-order chi connectivity index (χ1) is 14.0. The third kappa shape index (κ3) is 4.88. The Morgan fingerprint density at radius 2 is 1.72 bits per heavy atom. The van der Waals surface area contributed by atoms with Gasteiger partial charge in [-0.05, 0) is 63.1 Å². The Labute approximate surface area is 172 Å². The monoisotopic (exact) mass is 395 g/mol. The molecule has 1 aliphatic rings. The maximum atomic E-state index is 12.6. The molecule has 2 aromatic rings. The first-order valence-electron chi connectivity index (χ1n) is 10.1. The van der Waals surface area contributed by atoms with E-state index in [0.717, 1.165) is 30.0 Å². The van der Waals surface area contributed by atoms with Crippen molar-refractivity contribution in [1.82, 2.24) is 0 Å². The van der Waals surface area contributed by atoms with Gasteiger partial charge in [-0.3, -0.25) is 9.59 Å². The van der Waals surface area contributed by atoms with Crippen LogP contribution >= 0.6 is 0 Å². The molecule has 0 saturated heterocycles. The highest BCUT2D eigenvalue weighted by atomic mass is 16.5. The molecule has 0 spiro atoms.